The molecule has 0 aliphatic rings. The van der Waals surface area contributed by atoms with Crippen LogP contribution in [0.25, 0.3) is 0 Å². The van der Waals surface area contributed by atoms with Crippen molar-refractivity contribution >= 4 is 5.97 Å². The van der Waals surface area contributed by atoms with Crippen LogP contribution >= 0.6 is 0 Å². The molecule has 0 unspecified atom stereocenters. The molecule has 13 heavy (non-hydrogen) atoms. The molecule has 4 nitrogen and oxygen atoms in total. The van der Waals surface area contributed by atoms with Gasteiger partial charge in [0, 0.05) is 0 Å². The van der Waals surface area contributed by atoms with Gasteiger partial charge in [0.05, 0.1) is 5.97 Å². The first-order chi connectivity index (χ1) is 4.70. The summed E-state index contributed by atoms with van der Waals surface area (Å²) in [6.45, 7) is 0. The number of hydrogen-bond acceptors (Lipinski definition) is 4. The molecule has 0 heterocycles. The fourth-order valence-electron chi connectivity index (χ4n) is 0.598. The van der Waals surface area contributed by atoms with Crippen molar-refractivity contribution in [1.82, 2.24) is 0 Å². The first-order valence-electron chi connectivity index (χ1n) is 2.70. The standard InChI is InChI=1S/C7H6O3.2Na.H2O/c8-6-3-1-5(2-4-6)7(9)10;;;/h1-4,8H,(H,9,10);;;1H2/q;2*+1;/p-2. The van der Waals surface area contributed by atoms with Crippen molar-refractivity contribution < 1.29 is 79.6 Å². The third kappa shape index (κ3) is 6.51. The zero-order valence-electron chi connectivity index (χ0n) is 7.52. The predicted octanol–water partition coefficient (Wildman–Crippen LogP) is -6.41. The Balaban J connectivity index is -0.000000333. The quantitative estimate of drug-likeness (QED) is 0.456. The Morgan fingerprint density at radius 1 is 1.15 bits per heavy atom. The first-order valence-corrected chi connectivity index (χ1v) is 2.70. The Kier molecular flexibility index (Phi) is 13.3. The summed E-state index contributed by atoms with van der Waals surface area (Å²) < 4.78 is 0. The molecule has 0 saturated carbocycles. The number of aromatic hydroxyl groups is 1. The number of rotatable bonds is 1. The van der Waals surface area contributed by atoms with E-state index in [1.54, 1.807) is 0 Å². The summed E-state index contributed by atoms with van der Waals surface area (Å²) in [6, 6.07) is 5.16. The molecule has 0 fully saturated rings. The predicted molar refractivity (Wildman–Crippen MR) is 34.4 cm³/mol. The molecule has 1 aromatic rings. The second-order valence-corrected chi connectivity index (χ2v) is 1.83. The average molecular weight is 200 g/mol. The molecule has 6 heteroatoms. The molecular weight excluding hydrogens is 194 g/mol. The number of phenols is 1. The van der Waals surface area contributed by atoms with Gasteiger partial charge in [-0.2, -0.15) is 0 Å². The van der Waals surface area contributed by atoms with Crippen molar-refractivity contribution in [1.29, 1.82) is 0 Å². The molecule has 1 rings (SSSR count). The van der Waals surface area contributed by atoms with Gasteiger partial charge in [0.25, 0.3) is 0 Å². The summed E-state index contributed by atoms with van der Waals surface area (Å²) in [7, 11) is 0. The van der Waals surface area contributed by atoms with Crippen molar-refractivity contribution in [2.75, 3.05) is 0 Å². The molecule has 0 saturated heterocycles. The van der Waals surface area contributed by atoms with Gasteiger partial charge in [0.1, 0.15) is 5.75 Å². The maximum absolute atomic E-state index is 10.1. The van der Waals surface area contributed by atoms with E-state index < -0.39 is 5.97 Å². The van der Waals surface area contributed by atoms with Crippen molar-refractivity contribution in [3.05, 3.63) is 29.8 Å². The fourth-order valence-corrected chi connectivity index (χ4v) is 0.598. The summed E-state index contributed by atoms with van der Waals surface area (Å²) in [6.07, 6.45) is 0. The minimum absolute atomic E-state index is 0. The zero-order chi connectivity index (χ0) is 7.56. The van der Waals surface area contributed by atoms with Crippen LogP contribution < -0.4 is 64.2 Å². The Morgan fingerprint density at radius 3 is 1.85 bits per heavy atom. The molecule has 0 amide bonds. The zero-order valence-corrected chi connectivity index (χ0v) is 11.5. The van der Waals surface area contributed by atoms with Crippen molar-refractivity contribution in [2.24, 2.45) is 0 Å². The van der Waals surface area contributed by atoms with Crippen LogP contribution in [0.4, 0.5) is 0 Å². The minimum atomic E-state index is -1.24. The maximum atomic E-state index is 10.1. The number of benzene rings is 1. The van der Waals surface area contributed by atoms with E-state index in [1.165, 1.54) is 24.3 Å². The number of phenolic OH excluding ortho intramolecular Hbond substituents is 1. The van der Waals surface area contributed by atoms with Crippen LogP contribution in [-0.4, -0.2) is 16.6 Å². The number of carboxylic acid groups (broad SMARTS) is 1. The third-order valence-corrected chi connectivity index (χ3v) is 1.10. The van der Waals surface area contributed by atoms with Crippen LogP contribution in [-0.2, 0) is 0 Å². The smallest absolute Gasteiger partial charge is 0.870 e. The monoisotopic (exact) mass is 200 g/mol. The van der Waals surface area contributed by atoms with Crippen molar-refractivity contribution in [3.8, 4) is 5.75 Å². The molecule has 0 aliphatic carbocycles. The third-order valence-electron chi connectivity index (χ3n) is 1.10. The Hall–Kier alpha value is 0.450. The molecule has 0 radical (unpaired) electrons. The fraction of sp³-hybridized carbons (Fsp3) is 0. The summed E-state index contributed by atoms with van der Waals surface area (Å²) in [4.78, 5) is 10.1. The maximum Gasteiger partial charge on any atom is 1.00 e. The van der Waals surface area contributed by atoms with Crippen LogP contribution in [0, 0.1) is 0 Å². The average Bonchev–Trinajstić information content (AvgIpc) is 1.88. The van der Waals surface area contributed by atoms with Gasteiger partial charge in [-0.15, -0.1) is 0 Å². The summed E-state index contributed by atoms with van der Waals surface area (Å²) in [5.74, 6) is -1.19. The van der Waals surface area contributed by atoms with E-state index in [1.807, 2.05) is 0 Å². The molecule has 1 aromatic carbocycles. The number of carbonyl (C=O) groups excluding carboxylic acids is 1. The van der Waals surface area contributed by atoms with Gasteiger partial charge in [-0.1, -0.05) is 0 Å². The topological polar surface area (TPSA) is 90.4 Å². The van der Waals surface area contributed by atoms with Crippen LogP contribution in [0.1, 0.15) is 10.4 Å². The van der Waals surface area contributed by atoms with E-state index in [0.717, 1.165) is 0 Å². The van der Waals surface area contributed by atoms with Gasteiger partial charge < -0.3 is 20.5 Å². The molecule has 0 aliphatic heterocycles. The Bertz CT molecular complexity index is 247. The summed E-state index contributed by atoms with van der Waals surface area (Å²) in [5.41, 5.74) is 0.0674. The number of hydrogen-bond donors (Lipinski definition) is 1. The van der Waals surface area contributed by atoms with E-state index in [2.05, 4.69) is 0 Å². The molecule has 0 aromatic heterocycles. The molecule has 0 spiro atoms. The molecule has 0 bridgehead atoms. The second-order valence-electron chi connectivity index (χ2n) is 1.83. The van der Waals surface area contributed by atoms with Gasteiger partial charge in [0.15, 0.2) is 0 Å². The number of carbonyl (C=O) groups is 1. The molecule has 60 valence electrons. The van der Waals surface area contributed by atoms with Gasteiger partial charge >= 0.3 is 59.1 Å². The van der Waals surface area contributed by atoms with Crippen LogP contribution in [0.2, 0.25) is 0 Å². The van der Waals surface area contributed by atoms with Crippen LogP contribution in [0.15, 0.2) is 24.3 Å². The Morgan fingerprint density at radius 2 is 1.54 bits per heavy atom. The van der Waals surface area contributed by atoms with Crippen molar-refractivity contribution in [3.63, 3.8) is 0 Å². The summed E-state index contributed by atoms with van der Waals surface area (Å²) >= 11 is 0. The number of carboxylic acids is 1. The van der Waals surface area contributed by atoms with Crippen molar-refractivity contribution in [2.45, 2.75) is 0 Å². The van der Waals surface area contributed by atoms with E-state index >= 15 is 0 Å². The molecular formula is C7H6Na2O4. The van der Waals surface area contributed by atoms with Gasteiger partial charge in [0.2, 0.25) is 0 Å². The van der Waals surface area contributed by atoms with Crippen LogP contribution in [0.5, 0.6) is 5.75 Å². The van der Waals surface area contributed by atoms with Gasteiger partial charge in [-0.25, -0.2) is 0 Å². The van der Waals surface area contributed by atoms with E-state index in [-0.39, 0.29) is 75.9 Å². The largest absolute Gasteiger partial charge is 1.00 e. The Labute approximate surface area is 120 Å². The SMILES string of the molecule is O=C([O-])c1ccc(O)cc1.[Na+].[Na+].[OH-]. The van der Waals surface area contributed by atoms with Gasteiger partial charge in [-0.3, -0.25) is 0 Å². The van der Waals surface area contributed by atoms with E-state index in [0.29, 0.717) is 0 Å². The second kappa shape index (κ2) is 9.02. The van der Waals surface area contributed by atoms with E-state index in [9.17, 15) is 9.90 Å². The number of aromatic carboxylic acids is 1. The van der Waals surface area contributed by atoms with E-state index in [4.69, 9.17) is 5.11 Å². The van der Waals surface area contributed by atoms with Gasteiger partial charge in [-0.05, 0) is 29.8 Å². The normalized spacial score (nSPS) is 7.08. The molecule has 0 atom stereocenters. The summed E-state index contributed by atoms with van der Waals surface area (Å²) in [5, 5.41) is 18.8. The first kappa shape index (κ1) is 19.1. The minimum Gasteiger partial charge on any atom is -0.870 e. The van der Waals surface area contributed by atoms with Crippen LogP contribution in [0.3, 0.4) is 0 Å². The molecule has 2 N–H and O–H groups in total.